The van der Waals surface area contributed by atoms with Crippen molar-refractivity contribution in [3.05, 3.63) is 0 Å². The Morgan fingerprint density at radius 1 is 0.489 bits per heavy atom. The van der Waals surface area contributed by atoms with Gasteiger partial charge < -0.3 is 28.2 Å². The second kappa shape index (κ2) is 16.1. The maximum atomic E-state index is 13.4. The van der Waals surface area contributed by atoms with E-state index in [1.54, 1.807) is 62.3 Å². The molecule has 3 heterocycles. The summed E-state index contributed by atoms with van der Waals surface area (Å²) in [6.07, 6.45) is -0.0548. The SMILES string of the molecule is CC(C)(C)OC(=O)N1CCC[C@@H]1C(=O)O[B-](OC(=O)[C@@H]1CCCN1C(=O)OC(C)(C)C)OC(=O)[C@@H]1CCCN1C(=O)OC(C)(C)C.[Na+]. The third kappa shape index (κ3) is 12.0. The summed E-state index contributed by atoms with van der Waals surface area (Å²) >= 11 is 0. The molecular weight excluding hydrogens is 628 g/mol. The predicted octanol–water partition coefficient (Wildman–Crippen LogP) is 0.803. The van der Waals surface area contributed by atoms with Crippen molar-refractivity contribution in [1.82, 2.24) is 14.7 Å². The largest absolute Gasteiger partial charge is 1.00 e. The second-order valence-corrected chi connectivity index (χ2v) is 14.6. The van der Waals surface area contributed by atoms with Crippen LogP contribution in [0, 0.1) is 0 Å². The normalized spacial score (nSPS) is 21.6. The van der Waals surface area contributed by atoms with Crippen molar-refractivity contribution in [2.45, 2.75) is 136 Å². The summed E-state index contributed by atoms with van der Waals surface area (Å²) in [6.45, 7) is 15.9. The number of nitrogens with zero attached hydrogens (tertiary/aromatic N) is 3. The molecule has 15 nitrogen and oxygen atoms in total. The third-order valence-electron chi connectivity index (χ3n) is 7.10. The first kappa shape index (κ1) is 40.5. The van der Waals surface area contributed by atoms with Crippen LogP contribution in [-0.2, 0) is 42.6 Å². The number of amides is 3. The van der Waals surface area contributed by atoms with Gasteiger partial charge in [0.2, 0.25) is 0 Å². The van der Waals surface area contributed by atoms with E-state index in [-0.39, 0.29) is 68.5 Å². The third-order valence-corrected chi connectivity index (χ3v) is 7.10. The average Bonchev–Trinajstić information content (AvgIpc) is 3.66. The summed E-state index contributed by atoms with van der Waals surface area (Å²) in [6, 6.07) is -3.28. The average molecular weight is 677 g/mol. The van der Waals surface area contributed by atoms with Crippen molar-refractivity contribution in [2.24, 2.45) is 0 Å². The van der Waals surface area contributed by atoms with Crippen LogP contribution in [-0.4, -0.2) is 113 Å². The van der Waals surface area contributed by atoms with Gasteiger partial charge in [0.05, 0.1) is 0 Å². The molecule has 0 aromatic carbocycles. The van der Waals surface area contributed by atoms with Crippen LogP contribution in [0.25, 0.3) is 0 Å². The first-order chi connectivity index (χ1) is 21.1. The molecule has 3 aliphatic rings. The molecule has 3 fully saturated rings. The fourth-order valence-corrected chi connectivity index (χ4v) is 5.24. The first-order valence-electron chi connectivity index (χ1n) is 15.8. The van der Waals surface area contributed by atoms with Crippen LogP contribution < -0.4 is 29.6 Å². The standard InChI is InChI=1S/C30H48BN3O12.Na/c1-28(2,3)41-25(38)32-16-10-13-19(32)22(35)44-31(45-23(36)20-14-11-17-33(20)26(39)42-29(4,5)6)46-24(37)21-15-12-18-34(21)27(40)43-30(7,8)9;/h19-21H,10-18H2,1-9H3;/q-1;+1/t19-,20-,21+;/m0./s1. The van der Waals surface area contributed by atoms with E-state index in [0.717, 1.165) is 0 Å². The number of rotatable bonds is 6. The van der Waals surface area contributed by atoms with Gasteiger partial charge in [-0.3, -0.25) is 29.1 Å². The number of hydrogen-bond donors (Lipinski definition) is 0. The molecule has 0 spiro atoms. The van der Waals surface area contributed by atoms with Crippen molar-refractivity contribution >= 4 is 43.5 Å². The molecule has 17 heteroatoms. The molecular formula is C30H48BN3NaO12. The van der Waals surface area contributed by atoms with Crippen LogP contribution in [0.15, 0.2) is 0 Å². The van der Waals surface area contributed by atoms with Crippen molar-refractivity contribution in [2.75, 3.05) is 19.6 Å². The first-order valence-corrected chi connectivity index (χ1v) is 15.8. The van der Waals surface area contributed by atoms with E-state index < -0.39 is 78.4 Å². The Balaban J connectivity index is 0.00000768. The van der Waals surface area contributed by atoms with Crippen LogP contribution in [0.2, 0.25) is 0 Å². The summed E-state index contributed by atoms with van der Waals surface area (Å²) in [5.74, 6) is -2.96. The fourth-order valence-electron chi connectivity index (χ4n) is 5.24. The monoisotopic (exact) mass is 676 g/mol. The molecule has 0 saturated carbocycles. The Bertz CT molecular complexity index is 1040. The number of carbonyl (C=O) groups is 6. The minimum Gasteiger partial charge on any atom is -0.641 e. The minimum atomic E-state index is -2.17. The molecule has 3 rings (SSSR count). The van der Waals surface area contributed by atoms with E-state index in [1.807, 2.05) is 0 Å². The summed E-state index contributed by atoms with van der Waals surface area (Å²) in [5, 5.41) is 0. The van der Waals surface area contributed by atoms with Crippen LogP contribution in [0.1, 0.15) is 101 Å². The number of likely N-dealkylation sites (tertiary alicyclic amines) is 3. The summed E-state index contributed by atoms with van der Waals surface area (Å²) in [7, 11) is -2.17. The van der Waals surface area contributed by atoms with E-state index in [9.17, 15) is 28.8 Å². The van der Waals surface area contributed by atoms with Gasteiger partial charge in [0, 0.05) is 19.6 Å². The molecule has 0 aromatic heterocycles. The Kier molecular flexibility index (Phi) is 13.9. The van der Waals surface area contributed by atoms with Crippen molar-refractivity contribution < 1.29 is 86.5 Å². The van der Waals surface area contributed by atoms with E-state index >= 15 is 0 Å². The summed E-state index contributed by atoms with van der Waals surface area (Å²) in [5.41, 5.74) is -2.45. The minimum absolute atomic E-state index is 0. The van der Waals surface area contributed by atoms with Crippen molar-refractivity contribution in [3.8, 4) is 0 Å². The number of ether oxygens (including phenoxy) is 3. The zero-order valence-corrected chi connectivity index (χ0v) is 31.4. The van der Waals surface area contributed by atoms with Crippen LogP contribution in [0.4, 0.5) is 14.4 Å². The van der Waals surface area contributed by atoms with E-state index in [4.69, 9.17) is 28.2 Å². The van der Waals surface area contributed by atoms with Gasteiger partial charge in [0.15, 0.2) is 0 Å². The number of hydrogen-bond acceptors (Lipinski definition) is 12. The molecule has 0 aliphatic carbocycles. The quantitative estimate of drug-likeness (QED) is 0.287. The van der Waals surface area contributed by atoms with Crippen molar-refractivity contribution in [3.63, 3.8) is 0 Å². The van der Waals surface area contributed by atoms with Gasteiger partial charge in [0.25, 0.3) is 17.9 Å². The molecule has 47 heavy (non-hydrogen) atoms. The fraction of sp³-hybridized carbons (Fsp3) is 0.800. The van der Waals surface area contributed by atoms with Gasteiger partial charge in [-0.2, -0.15) is 0 Å². The smallest absolute Gasteiger partial charge is 0.641 e. The van der Waals surface area contributed by atoms with E-state index in [2.05, 4.69) is 0 Å². The summed E-state index contributed by atoms with van der Waals surface area (Å²) in [4.78, 5) is 82.1. The molecule has 3 amide bonds. The second-order valence-electron chi connectivity index (χ2n) is 14.6. The molecule has 3 saturated heterocycles. The molecule has 0 unspecified atom stereocenters. The molecule has 3 atom stereocenters. The van der Waals surface area contributed by atoms with Crippen LogP contribution in [0.3, 0.4) is 0 Å². The summed E-state index contributed by atoms with van der Waals surface area (Å²) < 4.78 is 32.5. The van der Waals surface area contributed by atoms with E-state index in [1.165, 1.54) is 14.7 Å². The molecule has 1 radical (unpaired) electrons. The maximum Gasteiger partial charge on any atom is 1.00 e. The maximum absolute atomic E-state index is 13.4. The Hall–Kier alpha value is -2.72. The van der Waals surface area contributed by atoms with Crippen LogP contribution >= 0.6 is 0 Å². The van der Waals surface area contributed by atoms with Gasteiger partial charge in [-0.05, 0) is 101 Å². The van der Waals surface area contributed by atoms with Gasteiger partial charge >= 0.3 is 55.2 Å². The Labute approximate surface area is 299 Å². The molecule has 0 aromatic rings. The molecule has 0 bridgehead atoms. The van der Waals surface area contributed by atoms with Gasteiger partial charge in [-0.25, -0.2) is 14.4 Å². The Morgan fingerprint density at radius 2 is 0.723 bits per heavy atom. The van der Waals surface area contributed by atoms with Crippen molar-refractivity contribution in [1.29, 1.82) is 0 Å². The van der Waals surface area contributed by atoms with E-state index in [0.29, 0.717) is 19.3 Å². The van der Waals surface area contributed by atoms with Gasteiger partial charge in [-0.1, -0.05) is 0 Å². The molecule has 0 N–H and O–H groups in total. The van der Waals surface area contributed by atoms with Gasteiger partial charge in [-0.15, -0.1) is 0 Å². The zero-order chi connectivity index (χ0) is 34.6. The van der Waals surface area contributed by atoms with Gasteiger partial charge in [0.1, 0.15) is 34.9 Å². The number of carbonyl (C=O) groups excluding carboxylic acids is 6. The topological polar surface area (TPSA) is 168 Å². The molecule has 259 valence electrons. The zero-order valence-electron chi connectivity index (χ0n) is 29.4. The Morgan fingerprint density at radius 3 is 0.936 bits per heavy atom. The van der Waals surface area contributed by atoms with Crippen LogP contribution in [0.5, 0.6) is 0 Å². The molecule has 3 aliphatic heterocycles. The predicted molar refractivity (Wildman–Crippen MR) is 162 cm³/mol.